The molecular weight excluding hydrogens is 334 g/mol. The van der Waals surface area contributed by atoms with Crippen LogP contribution in [0.2, 0.25) is 0 Å². The highest BCUT2D eigenvalue weighted by Crippen LogP contribution is 2.41. The van der Waals surface area contributed by atoms with Gasteiger partial charge in [-0.15, -0.1) is 11.8 Å². The van der Waals surface area contributed by atoms with Crippen molar-refractivity contribution in [3.8, 4) is 0 Å². The number of carbonyl (C=O) groups excluding carboxylic acids is 1. The number of aryl methyl sites for hydroxylation is 1. The van der Waals surface area contributed by atoms with Crippen LogP contribution >= 0.6 is 27.7 Å². The minimum atomic E-state index is 0.0679. The van der Waals surface area contributed by atoms with E-state index in [9.17, 15) is 4.79 Å². The molecule has 1 heterocycles. The van der Waals surface area contributed by atoms with E-state index < -0.39 is 0 Å². The number of carbonyl (C=O) groups is 1. The molecule has 20 heavy (non-hydrogen) atoms. The van der Waals surface area contributed by atoms with Gasteiger partial charge in [-0.1, -0.05) is 45.8 Å². The summed E-state index contributed by atoms with van der Waals surface area (Å²) in [4.78, 5) is 14.1. The van der Waals surface area contributed by atoms with E-state index in [2.05, 4.69) is 35.0 Å². The van der Waals surface area contributed by atoms with Crippen molar-refractivity contribution in [2.45, 2.75) is 12.3 Å². The molecule has 102 valence electrons. The second-order valence-corrected chi connectivity index (χ2v) is 6.80. The number of anilines is 1. The Labute approximate surface area is 131 Å². The summed E-state index contributed by atoms with van der Waals surface area (Å²) in [6.45, 7) is 2.05. The average molecular weight is 348 g/mol. The van der Waals surface area contributed by atoms with Gasteiger partial charge < -0.3 is 0 Å². The molecule has 4 heteroatoms. The number of halogens is 1. The Kier molecular flexibility index (Phi) is 3.85. The molecule has 0 N–H and O–H groups in total. The Bertz CT molecular complexity index is 624. The van der Waals surface area contributed by atoms with Crippen LogP contribution in [-0.4, -0.2) is 11.7 Å². The molecule has 1 aliphatic rings. The third-order valence-corrected chi connectivity index (χ3v) is 5.08. The van der Waals surface area contributed by atoms with Gasteiger partial charge in [0.05, 0.1) is 5.75 Å². The van der Waals surface area contributed by atoms with E-state index in [4.69, 9.17) is 0 Å². The van der Waals surface area contributed by atoms with Gasteiger partial charge >= 0.3 is 0 Å². The highest BCUT2D eigenvalue weighted by molar-refractivity contribution is 9.10. The summed E-state index contributed by atoms with van der Waals surface area (Å²) in [5.41, 5.74) is 3.33. The Hall–Kier alpha value is -1.26. The first kappa shape index (κ1) is 13.7. The summed E-state index contributed by atoms with van der Waals surface area (Å²) in [5.74, 6) is 0.709. The van der Waals surface area contributed by atoms with Gasteiger partial charge in [0.25, 0.3) is 0 Å². The monoisotopic (exact) mass is 347 g/mol. The van der Waals surface area contributed by atoms with Crippen molar-refractivity contribution in [3.05, 3.63) is 64.1 Å². The molecule has 1 atom stereocenters. The van der Waals surface area contributed by atoms with Crippen LogP contribution in [0.3, 0.4) is 0 Å². The van der Waals surface area contributed by atoms with E-state index in [1.165, 1.54) is 5.56 Å². The van der Waals surface area contributed by atoms with Gasteiger partial charge in [-0.3, -0.25) is 9.69 Å². The van der Waals surface area contributed by atoms with Crippen LogP contribution in [0, 0.1) is 6.92 Å². The number of nitrogens with zero attached hydrogens (tertiary/aromatic N) is 1. The van der Waals surface area contributed by atoms with Crippen molar-refractivity contribution < 1.29 is 4.79 Å². The lowest BCUT2D eigenvalue weighted by molar-refractivity contribution is -0.115. The molecule has 1 fully saturated rings. The van der Waals surface area contributed by atoms with Crippen LogP contribution < -0.4 is 4.90 Å². The minimum absolute atomic E-state index is 0.0679. The Morgan fingerprint density at radius 1 is 1.10 bits per heavy atom. The maximum atomic E-state index is 12.2. The van der Waals surface area contributed by atoms with Crippen LogP contribution in [-0.2, 0) is 4.79 Å². The van der Waals surface area contributed by atoms with Gasteiger partial charge in [0.1, 0.15) is 5.37 Å². The van der Waals surface area contributed by atoms with E-state index in [1.54, 1.807) is 11.8 Å². The van der Waals surface area contributed by atoms with Crippen molar-refractivity contribution >= 4 is 39.3 Å². The predicted octanol–water partition coefficient (Wildman–Crippen LogP) is 4.54. The van der Waals surface area contributed by atoms with Crippen molar-refractivity contribution in [1.29, 1.82) is 0 Å². The number of rotatable bonds is 2. The van der Waals surface area contributed by atoms with E-state index in [-0.39, 0.29) is 11.3 Å². The molecule has 0 aromatic heterocycles. The maximum Gasteiger partial charge on any atom is 0.238 e. The Morgan fingerprint density at radius 3 is 2.40 bits per heavy atom. The summed E-state index contributed by atoms with van der Waals surface area (Å²) in [7, 11) is 0. The normalized spacial score (nSPS) is 18.6. The zero-order chi connectivity index (χ0) is 14.1. The molecule has 1 aliphatic heterocycles. The first-order valence-electron chi connectivity index (χ1n) is 6.41. The summed E-state index contributed by atoms with van der Waals surface area (Å²) in [6.07, 6.45) is 0. The third-order valence-electron chi connectivity index (χ3n) is 3.34. The Balaban J connectivity index is 1.96. The van der Waals surface area contributed by atoms with E-state index in [0.29, 0.717) is 5.75 Å². The van der Waals surface area contributed by atoms with Crippen molar-refractivity contribution in [2.24, 2.45) is 0 Å². The van der Waals surface area contributed by atoms with Crippen LogP contribution in [0.25, 0.3) is 0 Å². The van der Waals surface area contributed by atoms with Crippen LogP contribution in [0.4, 0.5) is 5.69 Å². The lowest BCUT2D eigenvalue weighted by atomic mass is 10.1. The summed E-state index contributed by atoms with van der Waals surface area (Å²) in [5, 5.41) is 0.0679. The first-order valence-corrected chi connectivity index (χ1v) is 8.25. The zero-order valence-corrected chi connectivity index (χ0v) is 13.4. The molecule has 1 saturated heterocycles. The fourth-order valence-corrected chi connectivity index (χ4v) is 3.72. The average Bonchev–Trinajstić information content (AvgIpc) is 2.83. The molecule has 2 nitrogen and oxygen atoms in total. The van der Waals surface area contributed by atoms with Gasteiger partial charge in [-0.25, -0.2) is 0 Å². The molecular formula is C16H14BrNOS. The fraction of sp³-hybridized carbons (Fsp3) is 0.188. The van der Waals surface area contributed by atoms with Gasteiger partial charge in [-0.2, -0.15) is 0 Å². The fourth-order valence-electron chi connectivity index (χ4n) is 2.28. The number of hydrogen-bond acceptors (Lipinski definition) is 2. The van der Waals surface area contributed by atoms with Gasteiger partial charge in [-0.05, 0) is 36.8 Å². The largest absolute Gasteiger partial charge is 0.295 e. The molecule has 0 saturated carbocycles. The van der Waals surface area contributed by atoms with Crippen LogP contribution in [0.1, 0.15) is 16.5 Å². The van der Waals surface area contributed by atoms with Crippen LogP contribution in [0.5, 0.6) is 0 Å². The molecule has 0 spiro atoms. The number of amides is 1. The second-order valence-electron chi connectivity index (χ2n) is 4.81. The zero-order valence-electron chi connectivity index (χ0n) is 11.0. The smallest absolute Gasteiger partial charge is 0.238 e. The first-order chi connectivity index (χ1) is 9.65. The molecule has 2 aromatic carbocycles. The maximum absolute atomic E-state index is 12.2. The SMILES string of the molecule is Cc1ccc(N2C(=O)CS[C@H]2c2ccc(Br)cc2)cc1. The summed E-state index contributed by atoms with van der Waals surface area (Å²) in [6, 6.07) is 16.3. The molecule has 0 aliphatic carbocycles. The van der Waals surface area contributed by atoms with E-state index >= 15 is 0 Å². The van der Waals surface area contributed by atoms with Crippen molar-refractivity contribution in [3.63, 3.8) is 0 Å². The van der Waals surface area contributed by atoms with Crippen molar-refractivity contribution in [1.82, 2.24) is 0 Å². The lowest BCUT2D eigenvalue weighted by Gasteiger charge is -2.24. The molecule has 3 rings (SSSR count). The minimum Gasteiger partial charge on any atom is -0.295 e. The van der Waals surface area contributed by atoms with Crippen molar-refractivity contribution in [2.75, 3.05) is 10.7 Å². The summed E-state index contributed by atoms with van der Waals surface area (Å²) < 4.78 is 1.05. The molecule has 0 radical (unpaired) electrons. The van der Waals surface area contributed by atoms with Crippen LogP contribution in [0.15, 0.2) is 53.0 Å². The quantitative estimate of drug-likeness (QED) is 0.794. The third kappa shape index (κ3) is 2.63. The highest BCUT2D eigenvalue weighted by Gasteiger charge is 2.33. The number of benzene rings is 2. The molecule has 0 bridgehead atoms. The summed E-state index contributed by atoms with van der Waals surface area (Å²) >= 11 is 5.12. The number of thioether (sulfide) groups is 1. The van der Waals surface area contributed by atoms with Gasteiger partial charge in [0.15, 0.2) is 0 Å². The highest BCUT2D eigenvalue weighted by atomic mass is 79.9. The molecule has 1 amide bonds. The van der Waals surface area contributed by atoms with Gasteiger partial charge in [0, 0.05) is 10.2 Å². The second kappa shape index (κ2) is 5.62. The molecule has 2 aromatic rings. The van der Waals surface area contributed by atoms with E-state index in [1.807, 2.05) is 41.3 Å². The topological polar surface area (TPSA) is 20.3 Å². The standard InChI is InChI=1S/C16H14BrNOS/c1-11-2-8-14(9-3-11)18-15(19)10-20-16(18)12-4-6-13(17)7-5-12/h2-9,16H,10H2,1H3/t16-/m0/s1. The predicted molar refractivity (Wildman–Crippen MR) is 88.0 cm³/mol. The number of hydrogen-bond donors (Lipinski definition) is 0. The lowest BCUT2D eigenvalue weighted by Crippen LogP contribution is -2.27. The van der Waals surface area contributed by atoms with E-state index in [0.717, 1.165) is 15.7 Å². The molecule has 0 unspecified atom stereocenters. The Morgan fingerprint density at radius 2 is 1.75 bits per heavy atom. The van der Waals surface area contributed by atoms with Gasteiger partial charge in [0.2, 0.25) is 5.91 Å².